The average Bonchev–Trinajstić information content (AvgIpc) is 2.74. The normalized spacial score (nSPS) is 22.4. The summed E-state index contributed by atoms with van der Waals surface area (Å²) >= 11 is 0. The molecule has 2 unspecified atom stereocenters. The zero-order valence-electron chi connectivity index (χ0n) is 13.1. The summed E-state index contributed by atoms with van der Waals surface area (Å²) in [5.74, 6) is 0.732. The van der Waals surface area contributed by atoms with E-state index in [0.717, 1.165) is 37.5 Å². The molecule has 5 heteroatoms. The fourth-order valence-corrected chi connectivity index (χ4v) is 3.08. The monoisotopic (exact) mass is 291 g/mol. The molecule has 1 aromatic carbocycles. The summed E-state index contributed by atoms with van der Waals surface area (Å²) < 4.78 is 0. The highest BCUT2D eigenvalue weighted by Gasteiger charge is 2.26. The standard InChI is InChI=1S/C16H25N3O2/c1-4-7-17-15-9-14(5-6-16(15)19(20)21)11-18-10-12(2)8-13(18)3/h5-6,9,12-13,17H,4,7-8,10-11H2,1-3H3. The summed E-state index contributed by atoms with van der Waals surface area (Å²) in [6, 6.07) is 6.02. The minimum atomic E-state index is -0.317. The van der Waals surface area contributed by atoms with Crippen molar-refractivity contribution in [3.63, 3.8) is 0 Å². The van der Waals surface area contributed by atoms with Gasteiger partial charge in [-0.05, 0) is 37.3 Å². The Hall–Kier alpha value is -1.62. The van der Waals surface area contributed by atoms with Crippen molar-refractivity contribution in [3.8, 4) is 0 Å². The van der Waals surface area contributed by atoms with E-state index in [0.29, 0.717) is 11.7 Å². The van der Waals surface area contributed by atoms with Gasteiger partial charge in [0.1, 0.15) is 5.69 Å². The highest BCUT2D eigenvalue weighted by atomic mass is 16.6. The maximum absolute atomic E-state index is 11.1. The van der Waals surface area contributed by atoms with Gasteiger partial charge in [0.05, 0.1) is 4.92 Å². The Morgan fingerprint density at radius 2 is 2.19 bits per heavy atom. The Morgan fingerprint density at radius 3 is 2.76 bits per heavy atom. The first-order chi connectivity index (χ1) is 10.0. The second-order valence-electron chi connectivity index (χ2n) is 6.15. The van der Waals surface area contributed by atoms with Crippen LogP contribution in [-0.2, 0) is 6.54 Å². The van der Waals surface area contributed by atoms with Crippen molar-refractivity contribution in [1.29, 1.82) is 0 Å². The summed E-state index contributed by atoms with van der Waals surface area (Å²) in [4.78, 5) is 13.2. The van der Waals surface area contributed by atoms with Crippen molar-refractivity contribution in [1.82, 2.24) is 4.90 Å². The molecule has 0 radical (unpaired) electrons. The number of nitro benzene ring substituents is 1. The minimum absolute atomic E-state index is 0.162. The van der Waals surface area contributed by atoms with Crippen molar-refractivity contribution >= 4 is 11.4 Å². The molecule has 0 spiro atoms. The van der Waals surface area contributed by atoms with Crippen molar-refractivity contribution in [3.05, 3.63) is 33.9 Å². The first-order valence-electron chi connectivity index (χ1n) is 7.76. The van der Waals surface area contributed by atoms with Crippen LogP contribution in [0.3, 0.4) is 0 Å². The van der Waals surface area contributed by atoms with E-state index in [-0.39, 0.29) is 10.6 Å². The molecule has 116 valence electrons. The predicted molar refractivity (Wildman–Crippen MR) is 85.5 cm³/mol. The third kappa shape index (κ3) is 3.94. The molecular formula is C16H25N3O2. The molecule has 0 bridgehead atoms. The number of anilines is 1. The van der Waals surface area contributed by atoms with E-state index in [1.54, 1.807) is 6.07 Å². The Balaban J connectivity index is 2.15. The van der Waals surface area contributed by atoms with Gasteiger partial charge in [0.15, 0.2) is 0 Å². The van der Waals surface area contributed by atoms with Crippen LogP contribution in [-0.4, -0.2) is 29.0 Å². The molecule has 2 atom stereocenters. The zero-order valence-corrected chi connectivity index (χ0v) is 13.1. The number of benzene rings is 1. The van der Waals surface area contributed by atoms with Crippen molar-refractivity contribution in [2.45, 2.75) is 46.2 Å². The van der Waals surface area contributed by atoms with Gasteiger partial charge in [-0.2, -0.15) is 0 Å². The number of nitro groups is 1. The number of nitrogens with one attached hydrogen (secondary N) is 1. The summed E-state index contributed by atoms with van der Waals surface area (Å²) in [6.07, 6.45) is 2.18. The molecule has 0 amide bonds. The zero-order chi connectivity index (χ0) is 15.4. The molecular weight excluding hydrogens is 266 g/mol. The van der Waals surface area contributed by atoms with Crippen LogP contribution in [0.4, 0.5) is 11.4 Å². The van der Waals surface area contributed by atoms with E-state index < -0.39 is 0 Å². The van der Waals surface area contributed by atoms with E-state index >= 15 is 0 Å². The van der Waals surface area contributed by atoms with Crippen molar-refractivity contribution < 1.29 is 4.92 Å². The molecule has 2 rings (SSSR count). The van der Waals surface area contributed by atoms with Gasteiger partial charge in [0.25, 0.3) is 5.69 Å². The van der Waals surface area contributed by atoms with Crippen molar-refractivity contribution in [2.24, 2.45) is 5.92 Å². The number of likely N-dealkylation sites (tertiary alicyclic amines) is 1. The molecule has 0 aliphatic carbocycles. The Kier molecular flexibility index (Phi) is 5.17. The number of rotatable bonds is 6. The molecule has 0 aromatic heterocycles. The largest absolute Gasteiger partial charge is 0.379 e. The summed E-state index contributed by atoms with van der Waals surface area (Å²) in [5.41, 5.74) is 1.94. The molecule has 1 aromatic rings. The van der Waals surface area contributed by atoms with Gasteiger partial charge in [-0.25, -0.2) is 0 Å². The molecule has 1 fully saturated rings. The number of hydrogen-bond donors (Lipinski definition) is 1. The van der Waals surface area contributed by atoms with Gasteiger partial charge in [0.2, 0.25) is 0 Å². The number of hydrogen-bond acceptors (Lipinski definition) is 4. The van der Waals surface area contributed by atoms with E-state index in [9.17, 15) is 10.1 Å². The van der Waals surface area contributed by atoms with Gasteiger partial charge >= 0.3 is 0 Å². The fourth-order valence-electron chi connectivity index (χ4n) is 3.08. The molecule has 0 saturated carbocycles. The van der Waals surface area contributed by atoms with Gasteiger partial charge in [-0.1, -0.05) is 19.9 Å². The van der Waals surface area contributed by atoms with Gasteiger partial charge < -0.3 is 5.32 Å². The molecule has 1 aliphatic rings. The van der Waals surface area contributed by atoms with Crippen LogP contribution < -0.4 is 5.32 Å². The molecule has 21 heavy (non-hydrogen) atoms. The summed E-state index contributed by atoms with van der Waals surface area (Å²) in [6.45, 7) is 9.31. The lowest BCUT2D eigenvalue weighted by Crippen LogP contribution is -2.26. The van der Waals surface area contributed by atoms with Crippen LogP contribution in [0, 0.1) is 16.0 Å². The quantitative estimate of drug-likeness (QED) is 0.642. The van der Waals surface area contributed by atoms with E-state index in [4.69, 9.17) is 0 Å². The Morgan fingerprint density at radius 1 is 1.43 bits per heavy atom. The summed E-state index contributed by atoms with van der Waals surface area (Å²) in [5, 5.41) is 14.3. The molecule has 1 heterocycles. The van der Waals surface area contributed by atoms with Crippen LogP contribution in [0.2, 0.25) is 0 Å². The lowest BCUT2D eigenvalue weighted by Gasteiger charge is -2.21. The molecule has 1 N–H and O–H groups in total. The Bertz CT molecular complexity index is 504. The van der Waals surface area contributed by atoms with E-state index in [1.165, 1.54) is 6.42 Å². The topological polar surface area (TPSA) is 58.4 Å². The minimum Gasteiger partial charge on any atom is -0.379 e. The fraction of sp³-hybridized carbons (Fsp3) is 0.625. The number of nitrogens with zero attached hydrogens (tertiary/aromatic N) is 2. The second-order valence-corrected chi connectivity index (χ2v) is 6.15. The van der Waals surface area contributed by atoms with Gasteiger partial charge in [0, 0.05) is 31.7 Å². The second kappa shape index (κ2) is 6.89. The highest BCUT2D eigenvalue weighted by Crippen LogP contribution is 2.28. The van der Waals surface area contributed by atoms with Crippen molar-refractivity contribution in [2.75, 3.05) is 18.4 Å². The first kappa shape index (κ1) is 15.8. The van der Waals surface area contributed by atoms with Crippen LogP contribution in [0.5, 0.6) is 0 Å². The third-order valence-corrected chi connectivity index (χ3v) is 4.12. The van der Waals surface area contributed by atoms with Gasteiger partial charge in [-0.15, -0.1) is 0 Å². The van der Waals surface area contributed by atoms with E-state index in [2.05, 4.69) is 31.0 Å². The lowest BCUT2D eigenvalue weighted by molar-refractivity contribution is -0.384. The van der Waals surface area contributed by atoms with Gasteiger partial charge in [-0.3, -0.25) is 15.0 Å². The Labute approximate surface area is 126 Å². The highest BCUT2D eigenvalue weighted by molar-refractivity contribution is 5.62. The van der Waals surface area contributed by atoms with Crippen LogP contribution in [0.15, 0.2) is 18.2 Å². The molecule has 1 aliphatic heterocycles. The maximum atomic E-state index is 11.1. The van der Waals surface area contributed by atoms with Crippen LogP contribution in [0.1, 0.15) is 39.2 Å². The SMILES string of the molecule is CCCNc1cc(CN2CC(C)CC2C)ccc1[N+](=O)[O-]. The summed E-state index contributed by atoms with van der Waals surface area (Å²) in [7, 11) is 0. The average molecular weight is 291 g/mol. The third-order valence-electron chi connectivity index (χ3n) is 4.12. The lowest BCUT2D eigenvalue weighted by atomic mass is 10.1. The maximum Gasteiger partial charge on any atom is 0.292 e. The van der Waals surface area contributed by atoms with Crippen LogP contribution >= 0.6 is 0 Å². The smallest absolute Gasteiger partial charge is 0.292 e. The predicted octanol–water partition coefficient (Wildman–Crippen LogP) is 3.65. The van der Waals surface area contributed by atoms with Crippen LogP contribution in [0.25, 0.3) is 0 Å². The molecule has 1 saturated heterocycles. The molecule has 5 nitrogen and oxygen atoms in total. The van der Waals surface area contributed by atoms with E-state index in [1.807, 2.05) is 12.1 Å². The first-order valence-corrected chi connectivity index (χ1v) is 7.76.